The molecule has 3 aromatic rings. The highest BCUT2D eigenvalue weighted by molar-refractivity contribution is 8.03. The quantitative estimate of drug-likeness (QED) is 0.303. The summed E-state index contributed by atoms with van der Waals surface area (Å²) in [7, 11) is 0. The van der Waals surface area contributed by atoms with Crippen molar-refractivity contribution in [1.29, 1.82) is 0 Å². The molecule has 3 aromatic carbocycles. The van der Waals surface area contributed by atoms with E-state index >= 15 is 0 Å². The maximum Gasteiger partial charge on any atom is 0.192 e. The number of rotatable bonds is 6. The predicted octanol–water partition coefficient (Wildman–Crippen LogP) is 7.42. The van der Waals surface area contributed by atoms with Crippen molar-refractivity contribution >= 4 is 23.2 Å². The lowest BCUT2D eigenvalue weighted by molar-refractivity contribution is 0.103. The fourth-order valence-electron chi connectivity index (χ4n) is 4.75. The number of anilines is 1. The van der Waals surface area contributed by atoms with Crippen LogP contribution in [0.1, 0.15) is 60.0 Å². The number of fused-ring (bicyclic) bond motifs is 2. The highest BCUT2D eigenvalue weighted by Gasteiger charge is 2.41. The van der Waals surface area contributed by atoms with E-state index in [2.05, 4.69) is 72.5 Å². The zero-order valence-electron chi connectivity index (χ0n) is 17.9. The van der Waals surface area contributed by atoms with Crippen molar-refractivity contribution in [2.45, 2.75) is 43.4 Å². The van der Waals surface area contributed by atoms with Gasteiger partial charge in [-0.3, -0.25) is 4.79 Å². The molecule has 1 aliphatic carbocycles. The minimum atomic E-state index is -0.0140. The normalized spacial score (nSPS) is 19.6. The summed E-state index contributed by atoms with van der Waals surface area (Å²) in [5.74, 6) is 0.165. The molecule has 0 saturated carbocycles. The second kappa shape index (κ2) is 8.76. The highest BCUT2D eigenvalue weighted by atomic mass is 32.2. The smallest absolute Gasteiger partial charge is 0.192 e. The Labute approximate surface area is 189 Å². The Morgan fingerprint density at radius 1 is 0.839 bits per heavy atom. The summed E-state index contributed by atoms with van der Waals surface area (Å²) in [6.07, 6.45) is 4.84. The molecule has 0 N–H and O–H groups in total. The van der Waals surface area contributed by atoms with Crippen LogP contribution in [-0.2, 0) is 0 Å². The van der Waals surface area contributed by atoms with Crippen molar-refractivity contribution in [2.24, 2.45) is 0 Å². The van der Waals surface area contributed by atoms with Crippen LogP contribution in [0.2, 0.25) is 0 Å². The number of carbonyl (C=O) groups excluding carboxylic acids is 1. The minimum absolute atomic E-state index is 0.0140. The maximum absolute atomic E-state index is 13.7. The molecule has 31 heavy (non-hydrogen) atoms. The number of allylic oxidation sites excluding steroid dienone is 1. The number of Topliss-reactive ketones (excluding diaryl/α,β-unsaturated/α-hetero) is 1. The fourth-order valence-corrected chi connectivity index (χ4v) is 6.01. The summed E-state index contributed by atoms with van der Waals surface area (Å²) in [5.41, 5.74) is 5.34. The van der Waals surface area contributed by atoms with Crippen LogP contribution in [0, 0.1) is 0 Å². The molecule has 0 amide bonds. The van der Waals surface area contributed by atoms with E-state index in [0.29, 0.717) is 0 Å². The van der Waals surface area contributed by atoms with Crippen LogP contribution in [0.3, 0.4) is 0 Å². The second-order valence-electron chi connectivity index (χ2n) is 8.26. The van der Waals surface area contributed by atoms with Gasteiger partial charge in [0.2, 0.25) is 0 Å². The third-order valence-corrected chi connectivity index (χ3v) is 7.45. The topological polar surface area (TPSA) is 20.3 Å². The van der Waals surface area contributed by atoms with E-state index in [4.69, 9.17) is 0 Å². The number of ketones is 1. The molecule has 1 aliphatic heterocycles. The molecule has 3 heteroatoms. The van der Waals surface area contributed by atoms with Gasteiger partial charge in [0.1, 0.15) is 0 Å². The van der Waals surface area contributed by atoms with Gasteiger partial charge in [0.25, 0.3) is 0 Å². The predicted molar refractivity (Wildman–Crippen MR) is 130 cm³/mol. The maximum atomic E-state index is 13.7. The van der Waals surface area contributed by atoms with Gasteiger partial charge in [0.05, 0.1) is 10.7 Å². The van der Waals surface area contributed by atoms with Crippen LogP contribution in [0.4, 0.5) is 5.69 Å². The van der Waals surface area contributed by atoms with Crippen LogP contribution < -0.4 is 4.90 Å². The van der Waals surface area contributed by atoms with Crippen molar-refractivity contribution in [2.75, 3.05) is 11.4 Å². The average Bonchev–Trinajstić information content (AvgIpc) is 3.32. The van der Waals surface area contributed by atoms with Crippen molar-refractivity contribution < 1.29 is 4.79 Å². The summed E-state index contributed by atoms with van der Waals surface area (Å²) < 4.78 is 0. The van der Waals surface area contributed by atoms with E-state index in [1.54, 1.807) is 11.8 Å². The first kappa shape index (κ1) is 20.1. The van der Waals surface area contributed by atoms with E-state index in [-0.39, 0.29) is 11.7 Å². The van der Waals surface area contributed by atoms with Gasteiger partial charge >= 0.3 is 0 Å². The van der Waals surface area contributed by atoms with E-state index in [0.717, 1.165) is 34.7 Å². The van der Waals surface area contributed by atoms with E-state index in [1.165, 1.54) is 35.4 Å². The Balaban J connectivity index is 1.64. The molecule has 5 rings (SSSR count). The zero-order valence-corrected chi connectivity index (χ0v) is 18.7. The summed E-state index contributed by atoms with van der Waals surface area (Å²) >= 11 is 1.76. The Hall–Kier alpha value is -2.78. The molecule has 0 fully saturated rings. The van der Waals surface area contributed by atoms with Gasteiger partial charge in [-0.15, -0.1) is 0 Å². The van der Waals surface area contributed by atoms with Crippen molar-refractivity contribution in [1.82, 2.24) is 0 Å². The first-order valence-electron chi connectivity index (χ1n) is 11.3. The Morgan fingerprint density at radius 2 is 1.58 bits per heavy atom. The molecule has 1 heterocycles. The van der Waals surface area contributed by atoms with Gasteiger partial charge in [-0.1, -0.05) is 105 Å². The Kier molecular flexibility index (Phi) is 5.69. The molecule has 0 bridgehead atoms. The van der Waals surface area contributed by atoms with Gasteiger partial charge in [-0.2, -0.15) is 0 Å². The third-order valence-electron chi connectivity index (χ3n) is 6.26. The molecule has 2 aliphatic rings. The number of unbranched alkanes of at least 4 members (excludes halogenated alkanes) is 3. The molecular weight excluding hydrogens is 398 g/mol. The lowest BCUT2D eigenvalue weighted by atomic mass is 9.90. The summed E-state index contributed by atoms with van der Waals surface area (Å²) in [5, 5.41) is 1.12. The lowest BCUT2D eigenvalue weighted by Crippen LogP contribution is -2.22. The molecule has 1 unspecified atom stereocenters. The average molecular weight is 426 g/mol. The van der Waals surface area contributed by atoms with Gasteiger partial charge < -0.3 is 4.90 Å². The number of nitrogens with zero attached hydrogens (tertiary/aromatic N) is 1. The van der Waals surface area contributed by atoms with Crippen LogP contribution >= 0.6 is 11.8 Å². The first-order valence-corrected chi connectivity index (χ1v) is 12.1. The molecule has 0 radical (unpaired) electrons. The van der Waals surface area contributed by atoms with Crippen LogP contribution in [0.15, 0.2) is 94.4 Å². The van der Waals surface area contributed by atoms with Crippen molar-refractivity contribution in [3.63, 3.8) is 0 Å². The van der Waals surface area contributed by atoms with E-state index in [9.17, 15) is 4.79 Å². The van der Waals surface area contributed by atoms with Gasteiger partial charge in [0, 0.05) is 28.5 Å². The van der Waals surface area contributed by atoms with Gasteiger partial charge in [0.15, 0.2) is 5.78 Å². The molecule has 0 saturated heterocycles. The summed E-state index contributed by atoms with van der Waals surface area (Å²) in [6.45, 7) is 3.20. The first-order chi connectivity index (χ1) is 15.3. The third kappa shape index (κ3) is 3.61. The molecule has 1 atom stereocenters. The summed E-state index contributed by atoms with van der Waals surface area (Å²) in [4.78, 5) is 17.4. The fraction of sp³-hybridized carbons (Fsp3) is 0.250. The number of carbonyl (C=O) groups is 1. The van der Waals surface area contributed by atoms with Crippen LogP contribution in [0.25, 0.3) is 0 Å². The number of hydrogen-bond donors (Lipinski definition) is 0. The molecule has 0 spiro atoms. The van der Waals surface area contributed by atoms with E-state index < -0.39 is 0 Å². The lowest BCUT2D eigenvalue weighted by Gasteiger charge is -2.24. The zero-order chi connectivity index (χ0) is 21.2. The monoisotopic (exact) mass is 425 g/mol. The molecule has 156 valence electrons. The number of benzene rings is 3. The van der Waals surface area contributed by atoms with Crippen LogP contribution in [0.5, 0.6) is 0 Å². The standard InChI is InChI=1S/C28H27NOS/c1-2-3-4-12-19-29-23-17-10-11-18-24(23)31-28(29)26-25(20-13-6-5-7-14-20)21-15-8-9-16-22(21)27(26)30/h5-11,13-18,25H,2-4,12,19H2,1H3/b28-26-. The molecule has 2 nitrogen and oxygen atoms in total. The Bertz CT molecular complexity index is 1130. The van der Waals surface area contributed by atoms with Gasteiger partial charge in [-0.25, -0.2) is 0 Å². The highest BCUT2D eigenvalue weighted by Crippen LogP contribution is 2.53. The number of para-hydroxylation sites is 1. The summed E-state index contributed by atoms with van der Waals surface area (Å²) in [6, 6.07) is 27.2. The molecule has 0 aromatic heterocycles. The van der Waals surface area contributed by atoms with Crippen molar-refractivity contribution in [3.8, 4) is 0 Å². The number of hydrogen-bond acceptors (Lipinski definition) is 3. The largest absolute Gasteiger partial charge is 0.335 e. The van der Waals surface area contributed by atoms with Gasteiger partial charge in [-0.05, 0) is 29.7 Å². The molecular formula is C28H27NOS. The van der Waals surface area contributed by atoms with Crippen molar-refractivity contribution in [3.05, 3.63) is 106 Å². The Morgan fingerprint density at radius 3 is 2.42 bits per heavy atom. The second-order valence-corrected chi connectivity index (χ2v) is 9.29. The SMILES string of the molecule is CCCCCCN1/C(=C2/C(=O)c3ccccc3C2c2ccccc2)Sc2ccccc21. The minimum Gasteiger partial charge on any atom is -0.335 e. The number of thioether (sulfide) groups is 1. The van der Waals surface area contributed by atoms with E-state index in [1.807, 2.05) is 18.2 Å². The van der Waals surface area contributed by atoms with Crippen LogP contribution in [-0.4, -0.2) is 12.3 Å².